The van der Waals surface area contributed by atoms with Gasteiger partial charge in [0.15, 0.2) is 5.54 Å². The van der Waals surface area contributed by atoms with Crippen molar-refractivity contribution in [1.29, 1.82) is 0 Å². The first-order valence-electron chi connectivity index (χ1n) is 8.26. The highest BCUT2D eigenvalue weighted by Crippen LogP contribution is 2.44. The van der Waals surface area contributed by atoms with E-state index in [1.807, 2.05) is 0 Å². The summed E-state index contributed by atoms with van der Waals surface area (Å²) in [6, 6.07) is 4.54. The minimum atomic E-state index is -3.56. The van der Waals surface area contributed by atoms with Crippen molar-refractivity contribution in [3.63, 3.8) is 0 Å². The number of benzene rings is 1. The van der Waals surface area contributed by atoms with Gasteiger partial charge in [-0.1, -0.05) is 23.2 Å². The van der Waals surface area contributed by atoms with Gasteiger partial charge >= 0.3 is 0 Å². The summed E-state index contributed by atoms with van der Waals surface area (Å²) in [5.41, 5.74) is 2.72. The average Bonchev–Trinajstić information content (AvgIpc) is 2.72. The topological polar surface area (TPSA) is 89.6 Å². The summed E-state index contributed by atoms with van der Waals surface area (Å²) in [5.74, 6) is -5.42. The van der Waals surface area contributed by atoms with Crippen molar-refractivity contribution >= 4 is 40.6 Å². The molecule has 1 aliphatic rings. The van der Waals surface area contributed by atoms with Crippen LogP contribution in [0.25, 0.3) is 0 Å². The molecule has 3 N–H and O–H groups in total. The van der Waals surface area contributed by atoms with Crippen LogP contribution in [0.15, 0.2) is 35.5 Å². The van der Waals surface area contributed by atoms with Gasteiger partial charge in [-0.25, -0.2) is 18.2 Å². The number of nitrogens with one attached hydrogen (secondary N) is 1. The van der Waals surface area contributed by atoms with E-state index < -0.39 is 35.4 Å². The molecule has 11 heteroatoms. The Morgan fingerprint density at radius 1 is 1.31 bits per heavy atom. The van der Waals surface area contributed by atoms with E-state index in [-0.39, 0.29) is 33.9 Å². The van der Waals surface area contributed by atoms with Crippen molar-refractivity contribution in [3.8, 4) is 0 Å². The summed E-state index contributed by atoms with van der Waals surface area (Å²) < 4.78 is 48.8. The number of carbonyl (C=O) groups is 1. The Morgan fingerprint density at radius 2 is 2.03 bits per heavy atom. The number of ether oxygens (including phenoxy) is 1. The van der Waals surface area contributed by atoms with Crippen molar-refractivity contribution in [1.82, 2.24) is 4.98 Å². The molecule has 29 heavy (non-hydrogen) atoms. The summed E-state index contributed by atoms with van der Waals surface area (Å²) in [6.45, 7) is -0.242. The molecule has 0 saturated carbocycles. The molecule has 0 spiro atoms. The first kappa shape index (κ1) is 21.4. The second kappa shape index (κ2) is 7.81. The van der Waals surface area contributed by atoms with Crippen LogP contribution in [0.4, 0.5) is 18.9 Å². The van der Waals surface area contributed by atoms with E-state index >= 15 is 0 Å². The standard InChI is InChI=1S/C18H15Cl2F3N4O2/c1-17(18(22,23)8-29-7-14(24)27-17)11-5-10(2-3-13(11)21)26-16(28)15-12(20)4-9(19)6-25-15/h2-6H,7-8H2,1H3,(H2,24,27)(H,26,28). The number of aromatic nitrogens is 1. The second-order valence-electron chi connectivity index (χ2n) is 6.51. The molecule has 2 aromatic rings. The van der Waals surface area contributed by atoms with E-state index in [0.717, 1.165) is 19.1 Å². The molecule has 0 saturated heterocycles. The number of rotatable bonds is 3. The maximum Gasteiger partial charge on any atom is 0.299 e. The molecule has 1 unspecified atom stereocenters. The number of amides is 1. The lowest BCUT2D eigenvalue weighted by Crippen LogP contribution is -2.45. The fourth-order valence-electron chi connectivity index (χ4n) is 2.83. The van der Waals surface area contributed by atoms with E-state index in [1.54, 1.807) is 0 Å². The Labute approximate surface area is 173 Å². The Morgan fingerprint density at radius 3 is 2.72 bits per heavy atom. The van der Waals surface area contributed by atoms with Crippen LogP contribution in [-0.2, 0) is 10.3 Å². The molecular formula is C18H15Cl2F3N4O2. The molecule has 154 valence electrons. The number of halogens is 5. The van der Waals surface area contributed by atoms with Crippen LogP contribution in [0, 0.1) is 5.82 Å². The van der Waals surface area contributed by atoms with Crippen molar-refractivity contribution in [3.05, 3.63) is 57.6 Å². The van der Waals surface area contributed by atoms with Crippen molar-refractivity contribution in [2.45, 2.75) is 18.4 Å². The van der Waals surface area contributed by atoms with Crippen LogP contribution in [0.1, 0.15) is 23.0 Å². The summed E-state index contributed by atoms with van der Waals surface area (Å²) in [7, 11) is 0. The number of aliphatic imine (C=N–C) groups is 1. The van der Waals surface area contributed by atoms with Gasteiger partial charge in [-0.05, 0) is 31.2 Å². The fourth-order valence-corrected chi connectivity index (χ4v) is 3.30. The molecule has 2 heterocycles. The zero-order chi connectivity index (χ0) is 21.4. The normalized spacial score (nSPS) is 21.2. The number of hydrogen-bond donors (Lipinski definition) is 2. The number of alkyl halides is 2. The van der Waals surface area contributed by atoms with Gasteiger partial charge in [0.05, 0.1) is 10.0 Å². The van der Waals surface area contributed by atoms with Gasteiger partial charge in [0.1, 0.15) is 30.6 Å². The second-order valence-corrected chi connectivity index (χ2v) is 7.35. The maximum atomic E-state index is 14.7. The number of pyridine rings is 1. The monoisotopic (exact) mass is 446 g/mol. The number of nitrogens with two attached hydrogens (primary N) is 1. The average molecular weight is 447 g/mol. The number of hydrogen-bond acceptors (Lipinski definition) is 5. The number of carbonyl (C=O) groups excluding carboxylic acids is 1. The van der Waals surface area contributed by atoms with Crippen molar-refractivity contribution in [2.75, 3.05) is 18.5 Å². The molecule has 1 aliphatic heterocycles. The summed E-state index contributed by atoms with van der Waals surface area (Å²) in [4.78, 5) is 20.1. The predicted octanol–water partition coefficient (Wildman–Crippen LogP) is 4.02. The molecule has 1 amide bonds. The van der Waals surface area contributed by atoms with Crippen LogP contribution in [0.3, 0.4) is 0 Å². The quantitative estimate of drug-likeness (QED) is 0.744. The number of anilines is 1. The lowest BCUT2D eigenvalue weighted by Gasteiger charge is -2.33. The molecule has 6 nitrogen and oxygen atoms in total. The summed E-state index contributed by atoms with van der Waals surface area (Å²) in [5, 5.41) is 2.67. The lowest BCUT2D eigenvalue weighted by molar-refractivity contribution is -0.116. The van der Waals surface area contributed by atoms with Crippen LogP contribution in [-0.4, -0.2) is 35.9 Å². The fraction of sp³-hybridized carbons (Fsp3) is 0.278. The SMILES string of the molecule is CC1(c2cc(NC(=O)c3ncc(Cl)cc3Cl)ccc2F)N=C(N)COCC1(F)F. The van der Waals surface area contributed by atoms with Crippen LogP contribution < -0.4 is 11.1 Å². The summed E-state index contributed by atoms with van der Waals surface area (Å²) >= 11 is 11.7. The lowest BCUT2D eigenvalue weighted by atomic mass is 9.85. The van der Waals surface area contributed by atoms with Crippen molar-refractivity contribution in [2.24, 2.45) is 10.7 Å². The highest BCUT2D eigenvalue weighted by molar-refractivity contribution is 6.36. The third-order valence-corrected chi connectivity index (χ3v) is 4.88. The molecule has 1 atom stereocenters. The minimum absolute atomic E-state index is 0.00544. The third kappa shape index (κ3) is 4.17. The Hall–Kier alpha value is -2.36. The Kier molecular flexibility index (Phi) is 5.75. The molecule has 1 aromatic carbocycles. The molecule has 0 bridgehead atoms. The highest BCUT2D eigenvalue weighted by Gasteiger charge is 2.54. The van der Waals surface area contributed by atoms with E-state index in [4.69, 9.17) is 33.7 Å². The zero-order valence-electron chi connectivity index (χ0n) is 15.0. The molecule has 0 aliphatic carbocycles. The van der Waals surface area contributed by atoms with E-state index in [1.165, 1.54) is 18.3 Å². The van der Waals surface area contributed by atoms with Crippen LogP contribution >= 0.6 is 23.2 Å². The van der Waals surface area contributed by atoms with Gasteiger partial charge in [-0.15, -0.1) is 0 Å². The maximum absolute atomic E-state index is 14.7. The molecule has 1 aromatic heterocycles. The summed E-state index contributed by atoms with van der Waals surface area (Å²) in [6.07, 6.45) is 1.23. The van der Waals surface area contributed by atoms with Gasteiger partial charge in [0.2, 0.25) is 0 Å². The first-order chi connectivity index (χ1) is 13.5. The largest absolute Gasteiger partial charge is 0.385 e. The van der Waals surface area contributed by atoms with Gasteiger partial charge in [-0.2, -0.15) is 0 Å². The smallest absolute Gasteiger partial charge is 0.299 e. The molecular weight excluding hydrogens is 432 g/mol. The van der Waals surface area contributed by atoms with Gasteiger partial charge in [0.25, 0.3) is 11.8 Å². The van der Waals surface area contributed by atoms with Crippen molar-refractivity contribution < 1.29 is 22.7 Å². The van der Waals surface area contributed by atoms with Crippen LogP contribution in [0.5, 0.6) is 0 Å². The van der Waals surface area contributed by atoms with Gasteiger partial charge < -0.3 is 15.8 Å². The Bertz CT molecular complexity index is 1000. The third-order valence-electron chi connectivity index (χ3n) is 4.38. The number of amidine groups is 1. The minimum Gasteiger partial charge on any atom is -0.385 e. The molecule has 0 fully saturated rings. The van der Waals surface area contributed by atoms with E-state index in [0.29, 0.717) is 0 Å². The predicted molar refractivity (Wildman–Crippen MR) is 103 cm³/mol. The molecule has 0 radical (unpaired) electrons. The Balaban J connectivity index is 2.00. The number of nitrogens with zero attached hydrogens (tertiary/aromatic N) is 2. The highest BCUT2D eigenvalue weighted by atomic mass is 35.5. The zero-order valence-corrected chi connectivity index (χ0v) is 16.5. The first-order valence-corrected chi connectivity index (χ1v) is 9.01. The van der Waals surface area contributed by atoms with E-state index in [9.17, 15) is 18.0 Å². The van der Waals surface area contributed by atoms with Gasteiger partial charge in [-0.3, -0.25) is 9.79 Å². The molecule has 3 rings (SSSR count). The van der Waals surface area contributed by atoms with E-state index in [2.05, 4.69) is 15.3 Å². The van der Waals surface area contributed by atoms with Crippen LogP contribution in [0.2, 0.25) is 10.0 Å². The van der Waals surface area contributed by atoms with Gasteiger partial charge in [0, 0.05) is 17.4 Å².